The van der Waals surface area contributed by atoms with Crippen molar-refractivity contribution in [3.63, 3.8) is 0 Å². The maximum absolute atomic E-state index is 12.5. The van der Waals surface area contributed by atoms with Gasteiger partial charge in [0.15, 0.2) is 0 Å². The molecule has 0 bridgehead atoms. The fourth-order valence-corrected chi connectivity index (χ4v) is 2.47. The molecule has 0 radical (unpaired) electrons. The third kappa shape index (κ3) is 3.82. The molecule has 1 aliphatic heterocycles. The second-order valence-electron chi connectivity index (χ2n) is 5.40. The molecule has 0 aliphatic carbocycles. The SMILES string of the molecule is CCCNC(=O)c1cccc(C(=O)N(C)C2CCNC2)c1. The summed E-state index contributed by atoms with van der Waals surface area (Å²) in [6.45, 7) is 4.43. The Morgan fingerprint density at radius 3 is 2.81 bits per heavy atom. The van der Waals surface area contributed by atoms with Gasteiger partial charge in [-0.05, 0) is 37.6 Å². The van der Waals surface area contributed by atoms with E-state index in [1.807, 2.05) is 14.0 Å². The highest BCUT2D eigenvalue weighted by Crippen LogP contribution is 2.13. The van der Waals surface area contributed by atoms with Crippen LogP contribution < -0.4 is 10.6 Å². The van der Waals surface area contributed by atoms with Crippen LogP contribution in [-0.4, -0.2) is 49.4 Å². The topological polar surface area (TPSA) is 61.4 Å². The minimum Gasteiger partial charge on any atom is -0.352 e. The van der Waals surface area contributed by atoms with E-state index >= 15 is 0 Å². The van der Waals surface area contributed by atoms with Crippen molar-refractivity contribution in [3.8, 4) is 0 Å². The number of nitrogens with one attached hydrogen (secondary N) is 2. The van der Waals surface area contributed by atoms with Crippen LogP contribution in [0, 0.1) is 0 Å². The van der Waals surface area contributed by atoms with Gasteiger partial charge in [0.05, 0.1) is 0 Å². The number of benzene rings is 1. The Hall–Kier alpha value is -1.88. The number of nitrogens with zero attached hydrogens (tertiary/aromatic N) is 1. The lowest BCUT2D eigenvalue weighted by molar-refractivity contribution is 0.0744. The third-order valence-corrected chi connectivity index (χ3v) is 3.81. The summed E-state index contributed by atoms with van der Waals surface area (Å²) in [6, 6.07) is 7.16. The van der Waals surface area contributed by atoms with E-state index in [4.69, 9.17) is 0 Å². The van der Waals surface area contributed by atoms with Gasteiger partial charge in [0.25, 0.3) is 11.8 Å². The lowest BCUT2D eigenvalue weighted by atomic mass is 10.1. The molecular weight excluding hydrogens is 266 g/mol. The normalized spacial score (nSPS) is 17.5. The molecule has 2 amide bonds. The van der Waals surface area contributed by atoms with Crippen molar-refractivity contribution in [2.75, 3.05) is 26.7 Å². The quantitative estimate of drug-likeness (QED) is 0.858. The second kappa shape index (κ2) is 7.22. The van der Waals surface area contributed by atoms with Crippen LogP contribution in [-0.2, 0) is 0 Å². The molecule has 0 saturated carbocycles. The van der Waals surface area contributed by atoms with Gasteiger partial charge in [-0.2, -0.15) is 0 Å². The lowest BCUT2D eigenvalue weighted by Gasteiger charge is -2.24. The Labute approximate surface area is 125 Å². The maximum atomic E-state index is 12.5. The molecule has 1 heterocycles. The smallest absolute Gasteiger partial charge is 0.253 e. The Morgan fingerprint density at radius 2 is 2.14 bits per heavy atom. The van der Waals surface area contributed by atoms with E-state index in [1.54, 1.807) is 29.2 Å². The van der Waals surface area contributed by atoms with Crippen LogP contribution in [0.5, 0.6) is 0 Å². The Balaban J connectivity index is 2.08. The standard InChI is InChI=1S/C16H23N3O2/c1-3-8-18-15(20)12-5-4-6-13(10-12)16(21)19(2)14-7-9-17-11-14/h4-6,10,14,17H,3,7-9,11H2,1-2H3,(H,18,20). The monoisotopic (exact) mass is 289 g/mol. The zero-order valence-corrected chi connectivity index (χ0v) is 12.7. The fourth-order valence-electron chi connectivity index (χ4n) is 2.47. The lowest BCUT2D eigenvalue weighted by Crippen LogP contribution is -2.38. The molecule has 1 saturated heterocycles. The van der Waals surface area contributed by atoms with Gasteiger partial charge in [0, 0.05) is 37.3 Å². The number of carbonyl (C=O) groups is 2. The first-order chi connectivity index (χ1) is 10.1. The highest BCUT2D eigenvalue weighted by atomic mass is 16.2. The minimum atomic E-state index is -0.128. The molecule has 5 nitrogen and oxygen atoms in total. The maximum Gasteiger partial charge on any atom is 0.253 e. The van der Waals surface area contributed by atoms with Crippen molar-refractivity contribution in [1.82, 2.24) is 15.5 Å². The molecule has 1 aliphatic rings. The summed E-state index contributed by atoms with van der Waals surface area (Å²) in [5, 5.41) is 6.08. The molecule has 1 atom stereocenters. The summed E-state index contributed by atoms with van der Waals surface area (Å²) in [5.41, 5.74) is 1.10. The number of hydrogen-bond acceptors (Lipinski definition) is 3. The van der Waals surface area contributed by atoms with E-state index in [2.05, 4.69) is 10.6 Å². The summed E-state index contributed by atoms with van der Waals surface area (Å²) in [4.78, 5) is 26.2. The second-order valence-corrected chi connectivity index (χ2v) is 5.40. The summed E-state index contributed by atoms with van der Waals surface area (Å²) in [5.74, 6) is -0.162. The fraction of sp³-hybridized carbons (Fsp3) is 0.500. The van der Waals surface area contributed by atoms with Gasteiger partial charge >= 0.3 is 0 Å². The van der Waals surface area contributed by atoms with E-state index in [0.717, 1.165) is 25.9 Å². The van der Waals surface area contributed by atoms with E-state index < -0.39 is 0 Å². The number of rotatable bonds is 5. The number of hydrogen-bond donors (Lipinski definition) is 2. The van der Waals surface area contributed by atoms with Gasteiger partial charge in [-0.15, -0.1) is 0 Å². The van der Waals surface area contributed by atoms with E-state index in [0.29, 0.717) is 17.7 Å². The number of likely N-dealkylation sites (N-methyl/N-ethyl adjacent to an activating group) is 1. The van der Waals surface area contributed by atoms with Crippen molar-refractivity contribution >= 4 is 11.8 Å². The van der Waals surface area contributed by atoms with Crippen molar-refractivity contribution in [1.29, 1.82) is 0 Å². The first-order valence-electron chi connectivity index (χ1n) is 7.49. The van der Waals surface area contributed by atoms with Crippen molar-refractivity contribution in [2.24, 2.45) is 0 Å². The minimum absolute atomic E-state index is 0.0335. The summed E-state index contributed by atoms with van der Waals surface area (Å²) >= 11 is 0. The molecule has 1 aromatic carbocycles. The molecular formula is C16H23N3O2. The zero-order chi connectivity index (χ0) is 15.2. The molecule has 2 rings (SSSR count). The van der Waals surface area contributed by atoms with Crippen molar-refractivity contribution in [3.05, 3.63) is 35.4 Å². The summed E-state index contributed by atoms with van der Waals surface area (Å²) in [6.07, 6.45) is 1.86. The molecule has 1 unspecified atom stereocenters. The van der Waals surface area contributed by atoms with Crippen LogP contribution in [0.1, 0.15) is 40.5 Å². The van der Waals surface area contributed by atoms with Crippen LogP contribution in [0.3, 0.4) is 0 Å². The molecule has 0 aromatic heterocycles. The predicted octanol–water partition coefficient (Wildman–Crippen LogP) is 1.26. The first kappa shape index (κ1) is 15.5. The van der Waals surface area contributed by atoms with Crippen LogP contribution in [0.25, 0.3) is 0 Å². The van der Waals surface area contributed by atoms with E-state index in [-0.39, 0.29) is 17.9 Å². The summed E-state index contributed by atoms with van der Waals surface area (Å²) < 4.78 is 0. The average molecular weight is 289 g/mol. The number of amides is 2. The Bertz CT molecular complexity index is 510. The molecule has 21 heavy (non-hydrogen) atoms. The first-order valence-corrected chi connectivity index (χ1v) is 7.49. The highest BCUT2D eigenvalue weighted by Gasteiger charge is 2.24. The van der Waals surface area contributed by atoms with Gasteiger partial charge in [0.1, 0.15) is 0 Å². The molecule has 1 fully saturated rings. The average Bonchev–Trinajstić information content (AvgIpc) is 3.05. The number of carbonyl (C=O) groups excluding carboxylic acids is 2. The molecule has 0 spiro atoms. The molecule has 2 N–H and O–H groups in total. The predicted molar refractivity (Wildman–Crippen MR) is 82.4 cm³/mol. The van der Waals surface area contributed by atoms with Crippen LogP contribution >= 0.6 is 0 Å². The van der Waals surface area contributed by atoms with Crippen molar-refractivity contribution in [2.45, 2.75) is 25.8 Å². The van der Waals surface area contributed by atoms with Gasteiger partial charge in [-0.25, -0.2) is 0 Å². The molecule has 5 heteroatoms. The van der Waals surface area contributed by atoms with Gasteiger partial charge < -0.3 is 15.5 Å². The Kier molecular flexibility index (Phi) is 5.33. The summed E-state index contributed by atoms with van der Waals surface area (Å²) in [7, 11) is 1.82. The van der Waals surface area contributed by atoms with Gasteiger partial charge in [-0.3, -0.25) is 9.59 Å². The largest absolute Gasteiger partial charge is 0.352 e. The highest BCUT2D eigenvalue weighted by molar-refractivity contribution is 5.99. The van der Waals surface area contributed by atoms with Crippen molar-refractivity contribution < 1.29 is 9.59 Å². The Morgan fingerprint density at radius 1 is 1.38 bits per heavy atom. The zero-order valence-electron chi connectivity index (χ0n) is 12.7. The van der Waals surface area contributed by atoms with Gasteiger partial charge in [-0.1, -0.05) is 13.0 Å². The van der Waals surface area contributed by atoms with Gasteiger partial charge in [0.2, 0.25) is 0 Å². The molecule has 1 aromatic rings. The van der Waals surface area contributed by atoms with Crippen LogP contribution in [0.4, 0.5) is 0 Å². The molecule has 114 valence electrons. The van der Waals surface area contributed by atoms with E-state index in [1.165, 1.54) is 0 Å². The third-order valence-electron chi connectivity index (χ3n) is 3.81. The van der Waals surface area contributed by atoms with E-state index in [9.17, 15) is 9.59 Å². The van der Waals surface area contributed by atoms with Crippen LogP contribution in [0.15, 0.2) is 24.3 Å². The van der Waals surface area contributed by atoms with Crippen LogP contribution in [0.2, 0.25) is 0 Å².